The lowest BCUT2D eigenvalue weighted by molar-refractivity contribution is 0.0696. The maximum Gasteiger partial charge on any atom is 0.335 e. The van der Waals surface area contributed by atoms with Crippen LogP contribution in [0.2, 0.25) is 0 Å². The normalized spacial score (nSPS) is 13.3. The Morgan fingerprint density at radius 2 is 1.96 bits per heavy atom. The minimum Gasteiger partial charge on any atom is -0.478 e. The maximum atomic E-state index is 12.9. The van der Waals surface area contributed by atoms with Crippen LogP contribution >= 0.6 is 0 Å². The Morgan fingerprint density at radius 3 is 2.46 bits per heavy atom. The second-order valence-electron chi connectivity index (χ2n) is 6.56. The van der Waals surface area contributed by atoms with Gasteiger partial charge in [-0.05, 0) is 49.8 Å². The van der Waals surface area contributed by atoms with Crippen molar-refractivity contribution in [3.63, 3.8) is 0 Å². The van der Waals surface area contributed by atoms with E-state index in [-0.39, 0.29) is 29.0 Å². The molecule has 0 radical (unpaired) electrons. The van der Waals surface area contributed by atoms with E-state index in [9.17, 15) is 18.3 Å². The average molecular weight is 380 g/mol. The summed E-state index contributed by atoms with van der Waals surface area (Å²) in [4.78, 5) is 13.1. The van der Waals surface area contributed by atoms with Gasteiger partial charge in [-0.2, -0.15) is 0 Å². The van der Waals surface area contributed by atoms with E-state index in [1.54, 1.807) is 18.2 Å². The van der Waals surface area contributed by atoms with E-state index < -0.39 is 16.0 Å². The summed E-state index contributed by atoms with van der Waals surface area (Å²) in [6.07, 6.45) is 1.54. The number of benzene rings is 1. The molecule has 0 aliphatic heterocycles. The van der Waals surface area contributed by atoms with Gasteiger partial charge in [0.25, 0.3) is 0 Å². The molecule has 1 atom stereocenters. The monoisotopic (exact) mass is 380 g/mol. The van der Waals surface area contributed by atoms with E-state index in [1.165, 1.54) is 18.4 Å². The maximum absolute atomic E-state index is 12.9. The lowest BCUT2D eigenvalue weighted by atomic mass is 10.0. The Bertz CT molecular complexity index is 858. The van der Waals surface area contributed by atoms with Crippen molar-refractivity contribution in [3.8, 4) is 0 Å². The number of hydrogen-bond donors (Lipinski definition) is 2. The molecular formula is C18H24N2O5S. The molecule has 142 valence electrons. The predicted octanol–water partition coefficient (Wildman–Crippen LogP) is 2.68. The topological polar surface area (TPSA) is 99.8 Å². The number of rotatable bonds is 8. The first-order chi connectivity index (χ1) is 12.1. The van der Waals surface area contributed by atoms with Gasteiger partial charge in [-0.15, -0.1) is 0 Å². The molecule has 2 N–H and O–H groups in total. The highest BCUT2D eigenvalue weighted by atomic mass is 32.2. The van der Waals surface area contributed by atoms with Crippen molar-refractivity contribution < 1.29 is 22.7 Å². The number of carboxylic acid groups (broad SMARTS) is 1. The van der Waals surface area contributed by atoms with Gasteiger partial charge in [0.2, 0.25) is 10.0 Å². The number of likely N-dealkylation sites (N-methyl/N-ethyl adjacent to an activating group) is 1. The van der Waals surface area contributed by atoms with E-state index in [4.69, 9.17) is 4.42 Å². The van der Waals surface area contributed by atoms with Crippen molar-refractivity contribution in [3.05, 3.63) is 53.5 Å². The second-order valence-corrected chi connectivity index (χ2v) is 8.29. The molecule has 0 fully saturated rings. The molecule has 1 unspecified atom stereocenters. The zero-order valence-corrected chi connectivity index (χ0v) is 16.1. The third-order valence-corrected chi connectivity index (χ3v) is 5.61. The lowest BCUT2D eigenvalue weighted by Gasteiger charge is -2.23. The minimum atomic E-state index is -3.89. The summed E-state index contributed by atoms with van der Waals surface area (Å²) in [5.41, 5.74) is 0.506. The fourth-order valence-corrected chi connectivity index (χ4v) is 4.09. The first-order valence-corrected chi connectivity index (χ1v) is 9.68. The van der Waals surface area contributed by atoms with E-state index in [1.807, 2.05) is 32.8 Å². The van der Waals surface area contributed by atoms with Crippen LogP contribution in [0.15, 0.2) is 45.9 Å². The molecule has 0 amide bonds. The molecule has 8 heteroatoms. The Hall–Kier alpha value is -2.16. The fourth-order valence-electron chi connectivity index (χ4n) is 2.66. The third kappa shape index (κ3) is 4.51. The summed E-state index contributed by atoms with van der Waals surface area (Å²) >= 11 is 0. The van der Waals surface area contributed by atoms with Gasteiger partial charge in [0, 0.05) is 6.54 Å². The lowest BCUT2D eigenvalue weighted by Crippen LogP contribution is -2.35. The Balaban J connectivity index is 2.34. The molecule has 1 aromatic heterocycles. The van der Waals surface area contributed by atoms with Crippen LogP contribution in [0.5, 0.6) is 0 Å². The van der Waals surface area contributed by atoms with E-state index >= 15 is 0 Å². The number of nitrogens with one attached hydrogen (secondary N) is 1. The summed E-state index contributed by atoms with van der Waals surface area (Å²) in [5, 5.41) is 9.19. The minimum absolute atomic E-state index is 0.00986. The van der Waals surface area contributed by atoms with Crippen LogP contribution in [-0.2, 0) is 10.0 Å². The summed E-state index contributed by atoms with van der Waals surface area (Å²) < 4.78 is 33.7. The van der Waals surface area contributed by atoms with Gasteiger partial charge in [0.1, 0.15) is 5.76 Å². The first kappa shape index (κ1) is 20.2. The molecule has 7 nitrogen and oxygen atoms in total. The van der Waals surface area contributed by atoms with Crippen molar-refractivity contribution in [1.29, 1.82) is 0 Å². The summed E-state index contributed by atoms with van der Waals surface area (Å²) in [5.74, 6) is -0.598. The van der Waals surface area contributed by atoms with Crippen molar-refractivity contribution in [1.82, 2.24) is 9.62 Å². The molecular weight excluding hydrogens is 356 g/mol. The number of carbonyl (C=O) groups is 1. The highest BCUT2D eigenvalue weighted by molar-refractivity contribution is 7.89. The van der Waals surface area contributed by atoms with Gasteiger partial charge < -0.3 is 9.52 Å². The third-order valence-electron chi connectivity index (χ3n) is 4.13. The summed E-state index contributed by atoms with van der Waals surface area (Å²) in [7, 11) is -0.242. The van der Waals surface area contributed by atoms with E-state index in [0.717, 1.165) is 0 Å². The van der Waals surface area contributed by atoms with Crippen molar-refractivity contribution in [2.75, 3.05) is 20.6 Å². The molecule has 1 aromatic carbocycles. The number of nitrogens with zero attached hydrogens (tertiary/aromatic N) is 1. The highest BCUT2D eigenvalue weighted by Crippen LogP contribution is 2.26. The number of carboxylic acids is 1. The summed E-state index contributed by atoms with van der Waals surface area (Å²) in [6.45, 7) is 3.82. The molecule has 0 saturated heterocycles. The van der Waals surface area contributed by atoms with Gasteiger partial charge in [0.05, 0.1) is 22.8 Å². The average Bonchev–Trinajstić information content (AvgIpc) is 3.08. The van der Waals surface area contributed by atoms with Crippen LogP contribution in [0.1, 0.15) is 47.5 Å². The van der Waals surface area contributed by atoms with Gasteiger partial charge >= 0.3 is 5.97 Å². The largest absolute Gasteiger partial charge is 0.478 e. The van der Waals surface area contributed by atoms with Crippen LogP contribution in [0.25, 0.3) is 0 Å². The number of sulfonamides is 1. The first-order valence-electron chi connectivity index (χ1n) is 8.20. The number of aromatic carboxylic acids is 1. The SMILES string of the molecule is CC(C)c1ccc(C(=O)O)cc1S(=O)(=O)NCC(c1ccco1)N(C)C. The van der Waals surface area contributed by atoms with Gasteiger partial charge in [-0.25, -0.2) is 17.9 Å². The fraction of sp³-hybridized carbons (Fsp3) is 0.389. The number of hydrogen-bond acceptors (Lipinski definition) is 5. The van der Waals surface area contributed by atoms with E-state index in [2.05, 4.69) is 4.72 Å². The molecule has 0 aliphatic rings. The predicted molar refractivity (Wildman–Crippen MR) is 97.8 cm³/mol. The molecule has 0 saturated carbocycles. The zero-order chi connectivity index (χ0) is 19.5. The van der Waals surface area contributed by atoms with E-state index in [0.29, 0.717) is 11.3 Å². The molecule has 2 aromatic rings. The number of furan rings is 1. The molecule has 0 bridgehead atoms. The zero-order valence-electron chi connectivity index (χ0n) is 15.3. The second kappa shape index (κ2) is 8.03. The van der Waals surface area contributed by atoms with Gasteiger partial charge in [-0.3, -0.25) is 4.90 Å². The Morgan fingerprint density at radius 1 is 1.27 bits per heavy atom. The highest BCUT2D eigenvalue weighted by Gasteiger charge is 2.25. The molecule has 0 spiro atoms. The smallest absolute Gasteiger partial charge is 0.335 e. The van der Waals surface area contributed by atoms with Gasteiger partial charge in [-0.1, -0.05) is 19.9 Å². The Labute approximate surface area is 153 Å². The van der Waals surface area contributed by atoms with Crippen molar-refractivity contribution in [2.45, 2.75) is 30.7 Å². The van der Waals surface area contributed by atoms with Crippen molar-refractivity contribution in [2.24, 2.45) is 0 Å². The molecule has 1 heterocycles. The van der Waals surface area contributed by atoms with Crippen LogP contribution in [0, 0.1) is 0 Å². The molecule has 2 rings (SSSR count). The van der Waals surface area contributed by atoms with Crippen LogP contribution in [0.3, 0.4) is 0 Å². The van der Waals surface area contributed by atoms with Crippen molar-refractivity contribution >= 4 is 16.0 Å². The van der Waals surface area contributed by atoms with Crippen LogP contribution < -0.4 is 4.72 Å². The standard InChI is InChI=1S/C18H24N2O5S/c1-12(2)14-8-7-13(18(21)22)10-17(14)26(23,24)19-11-15(20(3)4)16-6-5-9-25-16/h5-10,12,15,19H,11H2,1-4H3,(H,21,22). The van der Waals surface area contributed by atoms with Crippen LogP contribution in [0.4, 0.5) is 0 Å². The summed E-state index contributed by atoms with van der Waals surface area (Å²) in [6, 6.07) is 7.42. The van der Waals surface area contributed by atoms with Crippen LogP contribution in [-0.4, -0.2) is 45.0 Å². The van der Waals surface area contributed by atoms with Gasteiger partial charge in [0.15, 0.2) is 0 Å². The quantitative estimate of drug-likeness (QED) is 0.730. The Kier molecular flexibility index (Phi) is 6.22. The molecule has 0 aliphatic carbocycles. The molecule has 26 heavy (non-hydrogen) atoms.